The second-order valence-electron chi connectivity index (χ2n) is 6.38. The number of anilines is 2. The van der Waals surface area contributed by atoms with Crippen molar-refractivity contribution >= 4 is 23.2 Å². The summed E-state index contributed by atoms with van der Waals surface area (Å²) in [5, 5.41) is 2.48. The van der Waals surface area contributed by atoms with Crippen molar-refractivity contribution in [2.24, 2.45) is 5.73 Å². The lowest BCUT2D eigenvalue weighted by Gasteiger charge is -2.29. The quantitative estimate of drug-likeness (QED) is 0.540. The Kier molecular flexibility index (Phi) is 8.81. The Morgan fingerprint density at radius 2 is 2.10 bits per heavy atom. The number of rotatable bonds is 10. The molecular formula is C18H24F4N4O4. The van der Waals surface area contributed by atoms with E-state index in [2.05, 4.69) is 10.1 Å². The molecular weight excluding hydrogens is 412 g/mol. The number of benzene rings is 1. The summed E-state index contributed by atoms with van der Waals surface area (Å²) in [4.78, 5) is 27.0. The molecule has 2 rings (SSSR count). The topological polar surface area (TPSA) is 97.1 Å². The molecule has 0 saturated carbocycles. The van der Waals surface area contributed by atoms with Gasteiger partial charge in [-0.1, -0.05) is 6.92 Å². The standard InChI is InChI=1S/C18H24F4N4O4/c1-2-25(9-15(19)20)13(8-23)17(28)24-11-3-4-12(14(7-11)30-18(21)22)26-5-6-29-10-16(26)27/h3-4,7,13,15,18H,2,5-6,8-10,23H2,1H3,(H,24,28)/t13-/m0/s1. The Morgan fingerprint density at radius 3 is 2.67 bits per heavy atom. The van der Waals surface area contributed by atoms with Gasteiger partial charge in [0.25, 0.3) is 12.3 Å². The third-order valence-electron chi connectivity index (χ3n) is 4.47. The van der Waals surface area contributed by atoms with Gasteiger partial charge in [0, 0.05) is 24.8 Å². The summed E-state index contributed by atoms with van der Waals surface area (Å²) in [5.74, 6) is -1.41. The predicted molar refractivity (Wildman–Crippen MR) is 101 cm³/mol. The lowest BCUT2D eigenvalue weighted by Crippen LogP contribution is -2.50. The highest BCUT2D eigenvalue weighted by atomic mass is 19.3. The molecule has 1 heterocycles. The summed E-state index contributed by atoms with van der Waals surface area (Å²) < 4.78 is 60.8. The minimum Gasteiger partial charge on any atom is -0.433 e. The molecule has 1 aliphatic heterocycles. The number of nitrogens with zero attached hydrogens (tertiary/aromatic N) is 2. The molecule has 8 nitrogen and oxygen atoms in total. The van der Waals surface area contributed by atoms with E-state index in [0.717, 1.165) is 6.07 Å². The van der Waals surface area contributed by atoms with Gasteiger partial charge in [0.15, 0.2) is 5.75 Å². The van der Waals surface area contributed by atoms with E-state index in [1.807, 2.05) is 0 Å². The molecule has 168 valence electrons. The number of halogens is 4. The molecule has 1 saturated heterocycles. The highest BCUT2D eigenvalue weighted by molar-refractivity contribution is 5.98. The SMILES string of the molecule is CCN(CC(F)F)[C@@H](CN)C(=O)Nc1ccc(N2CCOCC2=O)c(OC(F)F)c1. The number of ether oxygens (including phenoxy) is 2. The molecule has 1 fully saturated rings. The first kappa shape index (κ1) is 23.8. The zero-order valence-electron chi connectivity index (χ0n) is 16.3. The van der Waals surface area contributed by atoms with Crippen molar-refractivity contribution in [2.75, 3.05) is 49.6 Å². The van der Waals surface area contributed by atoms with E-state index in [4.69, 9.17) is 10.5 Å². The van der Waals surface area contributed by atoms with Crippen molar-refractivity contribution in [3.05, 3.63) is 18.2 Å². The third kappa shape index (κ3) is 6.28. The van der Waals surface area contributed by atoms with Gasteiger partial charge in [-0.15, -0.1) is 0 Å². The van der Waals surface area contributed by atoms with E-state index in [1.54, 1.807) is 6.92 Å². The molecule has 12 heteroatoms. The lowest BCUT2D eigenvalue weighted by molar-refractivity contribution is -0.126. The van der Waals surface area contributed by atoms with Crippen LogP contribution in [0.15, 0.2) is 18.2 Å². The highest BCUT2D eigenvalue weighted by Crippen LogP contribution is 2.33. The lowest BCUT2D eigenvalue weighted by atomic mass is 10.2. The monoisotopic (exact) mass is 436 g/mol. The second kappa shape index (κ2) is 11.1. The van der Waals surface area contributed by atoms with Gasteiger partial charge in [-0.25, -0.2) is 8.78 Å². The van der Waals surface area contributed by atoms with Crippen molar-refractivity contribution in [2.45, 2.75) is 26.0 Å². The Morgan fingerprint density at radius 1 is 1.37 bits per heavy atom. The van der Waals surface area contributed by atoms with Crippen LogP contribution in [-0.2, 0) is 14.3 Å². The number of likely N-dealkylation sites (N-methyl/N-ethyl adjacent to an activating group) is 1. The van der Waals surface area contributed by atoms with Gasteiger partial charge in [-0.05, 0) is 18.7 Å². The van der Waals surface area contributed by atoms with Crippen LogP contribution < -0.4 is 20.7 Å². The van der Waals surface area contributed by atoms with Crippen molar-refractivity contribution in [1.29, 1.82) is 0 Å². The summed E-state index contributed by atoms with van der Waals surface area (Å²) in [6, 6.07) is 2.85. The zero-order chi connectivity index (χ0) is 22.3. The van der Waals surface area contributed by atoms with E-state index in [-0.39, 0.29) is 50.0 Å². The second-order valence-corrected chi connectivity index (χ2v) is 6.38. The molecule has 0 unspecified atom stereocenters. The average molecular weight is 436 g/mol. The van der Waals surface area contributed by atoms with Crippen molar-refractivity contribution in [3.63, 3.8) is 0 Å². The van der Waals surface area contributed by atoms with Crippen LogP contribution in [0.5, 0.6) is 5.75 Å². The van der Waals surface area contributed by atoms with Crippen LogP contribution in [0.2, 0.25) is 0 Å². The number of carbonyl (C=O) groups excluding carboxylic acids is 2. The van der Waals surface area contributed by atoms with Crippen LogP contribution in [0.1, 0.15) is 6.92 Å². The van der Waals surface area contributed by atoms with Gasteiger partial charge in [0.2, 0.25) is 5.91 Å². The predicted octanol–water partition coefficient (Wildman–Crippen LogP) is 1.50. The molecule has 0 radical (unpaired) electrons. The number of amides is 2. The van der Waals surface area contributed by atoms with Crippen molar-refractivity contribution in [3.8, 4) is 5.75 Å². The summed E-state index contributed by atoms with van der Waals surface area (Å²) >= 11 is 0. The minimum absolute atomic E-state index is 0.0895. The fourth-order valence-corrected chi connectivity index (χ4v) is 3.08. The Hall–Kier alpha value is -2.44. The molecule has 1 aliphatic rings. The maximum atomic E-state index is 12.9. The Labute approximate surface area is 170 Å². The molecule has 0 bridgehead atoms. The van der Waals surface area contributed by atoms with Gasteiger partial charge < -0.3 is 25.4 Å². The van der Waals surface area contributed by atoms with E-state index in [1.165, 1.54) is 21.9 Å². The van der Waals surface area contributed by atoms with E-state index in [9.17, 15) is 27.2 Å². The summed E-state index contributed by atoms with van der Waals surface area (Å²) in [6.45, 7) is -2.05. The van der Waals surface area contributed by atoms with Crippen LogP contribution in [0, 0.1) is 0 Å². The van der Waals surface area contributed by atoms with Crippen LogP contribution >= 0.6 is 0 Å². The average Bonchev–Trinajstić information content (AvgIpc) is 2.68. The van der Waals surface area contributed by atoms with Gasteiger partial charge in [0.1, 0.15) is 12.6 Å². The number of hydrogen-bond donors (Lipinski definition) is 2. The number of morpholine rings is 1. The molecule has 0 spiro atoms. The van der Waals surface area contributed by atoms with Gasteiger partial charge in [0.05, 0.1) is 18.8 Å². The Balaban J connectivity index is 2.24. The summed E-state index contributed by atoms with van der Waals surface area (Å²) in [6.07, 6.45) is -2.65. The normalized spacial score (nSPS) is 15.8. The molecule has 0 aromatic heterocycles. The summed E-state index contributed by atoms with van der Waals surface area (Å²) in [7, 11) is 0. The first-order valence-corrected chi connectivity index (χ1v) is 9.26. The van der Waals surface area contributed by atoms with Crippen molar-refractivity contribution < 1.29 is 36.6 Å². The molecule has 2 amide bonds. The molecule has 1 atom stereocenters. The fourth-order valence-electron chi connectivity index (χ4n) is 3.08. The molecule has 1 aromatic rings. The first-order chi connectivity index (χ1) is 14.3. The molecule has 1 aromatic carbocycles. The van der Waals surface area contributed by atoms with Gasteiger partial charge in [-0.3, -0.25) is 14.5 Å². The zero-order valence-corrected chi connectivity index (χ0v) is 16.3. The first-order valence-electron chi connectivity index (χ1n) is 9.26. The van der Waals surface area contributed by atoms with E-state index >= 15 is 0 Å². The molecule has 0 aliphatic carbocycles. The van der Waals surface area contributed by atoms with Gasteiger partial charge in [-0.2, -0.15) is 8.78 Å². The van der Waals surface area contributed by atoms with Crippen LogP contribution in [0.25, 0.3) is 0 Å². The molecule has 30 heavy (non-hydrogen) atoms. The third-order valence-corrected chi connectivity index (χ3v) is 4.47. The van der Waals surface area contributed by atoms with E-state index in [0.29, 0.717) is 0 Å². The van der Waals surface area contributed by atoms with Crippen LogP contribution in [0.3, 0.4) is 0 Å². The van der Waals surface area contributed by atoms with E-state index < -0.39 is 37.4 Å². The molecule has 3 N–H and O–H groups in total. The van der Waals surface area contributed by atoms with Gasteiger partial charge >= 0.3 is 6.61 Å². The van der Waals surface area contributed by atoms with Crippen molar-refractivity contribution in [1.82, 2.24) is 4.90 Å². The number of nitrogens with two attached hydrogens (primary N) is 1. The number of alkyl halides is 4. The number of hydrogen-bond acceptors (Lipinski definition) is 6. The maximum absolute atomic E-state index is 12.9. The Bertz CT molecular complexity index is 738. The minimum atomic E-state index is -3.16. The maximum Gasteiger partial charge on any atom is 0.387 e. The van der Waals surface area contributed by atoms with Crippen LogP contribution in [0.4, 0.5) is 28.9 Å². The largest absolute Gasteiger partial charge is 0.433 e. The number of nitrogens with one attached hydrogen (secondary N) is 1. The fraction of sp³-hybridized carbons (Fsp3) is 0.556. The summed E-state index contributed by atoms with van der Waals surface area (Å²) in [5.41, 5.74) is 5.78. The smallest absolute Gasteiger partial charge is 0.387 e. The van der Waals surface area contributed by atoms with Crippen LogP contribution in [-0.4, -0.2) is 75.2 Å². The number of carbonyl (C=O) groups is 2. The highest BCUT2D eigenvalue weighted by Gasteiger charge is 2.28.